The minimum atomic E-state index is -1.80. The number of nitrogens with two attached hydrogens (primary N) is 4. The van der Waals surface area contributed by atoms with Crippen LogP contribution in [-0.2, 0) is 52.7 Å². The van der Waals surface area contributed by atoms with Gasteiger partial charge in [-0.1, -0.05) is 41.5 Å². The molecule has 0 aliphatic carbocycles. The minimum Gasteiger partial charge on any atom is -0.481 e. The van der Waals surface area contributed by atoms with Crippen LogP contribution >= 0.6 is 0 Å². The lowest BCUT2D eigenvalue weighted by molar-refractivity contribution is -0.144. The largest absolute Gasteiger partial charge is 0.481 e. The van der Waals surface area contributed by atoms with Crippen LogP contribution in [0.1, 0.15) is 106 Å². The molecule has 8 atom stereocenters. The zero-order valence-corrected chi connectivity index (χ0v) is 39.4. The number of hydrogen-bond acceptors (Lipinski definition) is 14. The molecule has 0 radical (unpaired) electrons. The zero-order chi connectivity index (χ0) is 52.4. The van der Waals surface area contributed by atoms with Crippen molar-refractivity contribution in [2.75, 3.05) is 13.2 Å². The van der Waals surface area contributed by atoms with E-state index in [-0.39, 0.29) is 81.6 Å². The summed E-state index contributed by atoms with van der Waals surface area (Å²) in [7, 11) is 0. The molecule has 27 heteroatoms. The quantitative estimate of drug-likeness (QED) is 0.0164. The summed E-state index contributed by atoms with van der Waals surface area (Å²) in [4.78, 5) is 144. The van der Waals surface area contributed by atoms with Gasteiger partial charge >= 0.3 is 17.9 Å². The van der Waals surface area contributed by atoms with Crippen molar-refractivity contribution in [3.63, 3.8) is 0 Å². The van der Waals surface area contributed by atoms with Gasteiger partial charge in [-0.05, 0) is 62.7 Å². The molecular weight excluding hydrogens is 901 g/mol. The standard InChI is InChI=1S/C41H72N12O15/c1-19(2)14-25(36(63)52-28(17-32(58)59)38(65)48-24(40(67)68)8-7-13-46-41(44)45)50-35(62)26(15-20(3)4)51-39(66)29(18-54)53-37(64)27(16-21(5)6)49-34(61)23(10-11-30(43)55)47-33(60)22(42)9-12-31(56)57/h19-29,54H,7-18,42H2,1-6H3,(H2,43,55)(H,47,60)(H,48,65)(H,49,61)(H,50,62)(H,51,66)(H,52,63)(H,53,64)(H,56,57)(H,58,59)(H,67,68)(H4,44,45,46)/t22-,23-,24-,25-,26-,27-,28-,29-/m0/s1. The van der Waals surface area contributed by atoms with Gasteiger partial charge in [0.15, 0.2) is 5.96 Å². The van der Waals surface area contributed by atoms with E-state index in [1.165, 1.54) is 0 Å². The fraction of sp³-hybridized carbons (Fsp3) is 0.707. The van der Waals surface area contributed by atoms with Gasteiger partial charge in [-0.3, -0.25) is 52.9 Å². The van der Waals surface area contributed by atoms with Crippen molar-refractivity contribution >= 4 is 71.1 Å². The van der Waals surface area contributed by atoms with E-state index in [4.69, 9.17) is 28.0 Å². The Kier molecular flexibility index (Phi) is 28.3. The minimum absolute atomic E-state index is 0.0310. The summed E-state index contributed by atoms with van der Waals surface area (Å²) in [5.74, 6) is -13.1. The normalized spacial score (nSPS) is 14.6. The van der Waals surface area contributed by atoms with Gasteiger partial charge in [0.05, 0.1) is 19.1 Å². The monoisotopic (exact) mass is 973 g/mol. The number of nitrogens with one attached hydrogen (secondary N) is 7. The number of aliphatic carboxylic acids is 3. The smallest absolute Gasteiger partial charge is 0.326 e. The lowest BCUT2D eigenvalue weighted by Crippen LogP contribution is -2.61. The molecule has 8 amide bonds. The van der Waals surface area contributed by atoms with E-state index >= 15 is 0 Å². The third kappa shape index (κ3) is 25.9. The molecule has 0 aliphatic rings. The number of aliphatic hydroxyl groups excluding tert-OH is 1. The number of carbonyl (C=O) groups is 11. The molecule has 19 N–H and O–H groups in total. The molecule has 0 rings (SSSR count). The van der Waals surface area contributed by atoms with Crippen molar-refractivity contribution in [2.45, 2.75) is 154 Å². The number of aliphatic imine (C=N–C) groups is 1. The summed E-state index contributed by atoms with van der Waals surface area (Å²) in [6.07, 6.45) is -2.61. The first kappa shape index (κ1) is 61.4. The molecule has 68 heavy (non-hydrogen) atoms. The van der Waals surface area contributed by atoms with Gasteiger partial charge in [0, 0.05) is 19.4 Å². The van der Waals surface area contributed by atoms with E-state index in [2.05, 4.69) is 42.2 Å². The number of aliphatic hydroxyl groups is 1. The highest BCUT2D eigenvalue weighted by atomic mass is 16.4. The first-order valence-corrected chi connectivity index (χ1v) is 22.1. The maximum absolute atomic E-state index is 13.9. The number of rotatable bonds is 34. The van der Waals surface area contributed by atoms with Gasteiger partial charge in [-0.25, -0.2) is 4.79 Å². The molecule has 0 saturated carbocycles. The Bertz CT molecular complexity index is 1790. The van der Waals surface area contributed by atoms with Gasteiger partial charge in [-0.15, -0.1) is 0 Å². The molecule has 0 aliphatic heterocycles. The first-order chi connectivity index (χ1) is 31.6. The number of hydrogen-bond donors (Lipinski definition) is 15. The SMILES string of the molecule is CC(C)C[C@H](NC(=O)[C@H](CC(C)C)NC(=O)[C@H](CO)NC(=O)[C@H](CC(C)C)NC(=O)[C@H](CCC(N)=O)NC(=O)[C@@H](N)CCC(=O)O)C(=O)N[C@@H](CC(=O)O)C(=O)N[C@@H](CCCN=C(N)N)C(=O)O. The summed E-state index contributed by atoms with van der Waals surface area (Å²) in [6, 6.07) is -12.1. The first-order valence-electron chi connectivity index (χ1n) is 22.1. The molecular formula is C41H72N12O15. The van der Waals surface area contributed by atoms with Crippen LogP contribution in [-0.4, -0.2) is 153 Å². The van der Waals surface area contributed by atoms with Crippen LogP contribution in [0.25, 0.3) is 0 Å². The Morgan fingerprint density at radius 2 is 0.853 bits per heavy atom. The highest BCUT2D eigenvalue weighted by Gasteiger charge is 2.35. The number of carboxylic acids is 3. The third-order valence-electron chi connectivity index (χ3n) is 9.73. The highest BCUT2D eigenvalue weighted by molar-refractivity contribution is 5.98. The van der Waals surface area contributed by atoms with Crippen LogP contribution in [0.3, 0.4) is 0 Å². The molecule has 0 spiro atoms. The Hall–Kier alpha value is -6.64. The summed E-state index contributed by atoms with van der Waals surface area (Å²) in [5, 5.41) is 55.0. The van der Waals surface area contributed by atoms with Crippen molar-refractivity contribution in [1.29, 1.82) is 0 Å². The average molecular weight is 973 g/mol. The lowest BCUT2D eigenvalue weighted by Gasteiger charge is -2.28. The van der Waals surface area contributed by atoms with Crippen LogP contribution in [0.4, 0.5) is 0 Å². The Balaban J connectivity index is 6.36. The Labute approximate surface area is 393 Å². The van der Waals surface area contributed by atoms with Crippen LogP contribution in [0.15, 0.2) is 4.99 Å². The number of carboxylic acid groups (broad SMARTS) is 3. The molecule has 386 valence electrons. The summed E-state index contributed by atoms with van der Waals surface area (Å²) in [6.45, 7) is 9.24. The Morgan fingerprint density at radius 1 is 0.471 bits per heavy atom. The van der Waals surface area contributed by atoms with Crippen molar-refractivity contribution in [2.24, 2.45) is 45.7 Å². The third-order valence-corrected chi connectivity index (χ3v) is 9.73. The van der Waals surface area contributed by atoms with Crippen molar-refractivity contribution in [3.8, 4) is 0 Å². The maximum Gasteiger partial charge on any atom is 0.326 e. The number of carbonyl (C=O) groups excluding carboxylic acids is 8. The zero-order valence-electron chi connectivity index (χ0n) is 39.4. The highest BCUT2D eigenvalue weighted by Crippen LogP contribution is 2.12. The second-order valence-electron chi connectivity index (χ2n) is 17.4. The maximum atomic E-state index is 13.9. The molecule has 0 bridgehead atoms. The fourth-order valence-corrected chi connectivity index (χ4v) is 6.33. The Morgan fingerprint density at radius 3 is 1.24 bits per heavy atom. The fourth-order valence-electron chi connectivity index (χ4n) is 6.33. The predicted molar refractivity (Wildman–Crippen MR) is 242 cm³/mol. The number of nitrogens with zero attached hydrogens (tertiary/aromatic N) is 1. The van der Waals surface area contributed by atoms with E-state index in [1.54, 1.807) is 41.5 Å². The van der Waals surface area contributed by atoms with E-state index in [9.17, 15) is 68.1 Å². The van der Waals surface area contributed by atoms with Crippen LogP contribution in [0.2, 0.25) is 0 Å². The molecule has 0 heterocycles. The van der Waals surface area contributed by atoms with Gasteiger partial charge in [0.1, 0.15) is 42.3 Å². The predicted octanol–water partition coefficient (Wildman–Crippen LogP) is -4.42. The van der Waals surface area contributed by atoms with Gasteiger partial charge in [0.25, 0.3) is 0 Å². The van der Waals surface area contributed by atoms with Crippen LogP contribution < -0.4 is 60.2 Å². The van der Waals surface area contributed by atoms with Crippen LogP contribution in [0, 0.1) is 17.8 Å². The van der Waals surface area contributed by atoms with Crippen LogP contribution in [0.5, 0.6) is 0 Å². The van der Waals surface area contributed by atoms with Crippen molar-refractivity contribution < 1.29 is 73.2 Å². The molecule has 0 saturated heterocycles. The summed E-state index contributed by atoms with van der Waals surface area (Å²) in [5.41, 5.74) is 21.6. The summed E-state index contributed by atoms with van der Waals surface area (Å²) >= 11 is 0. The molecule has 0 unspecified atom stereocenters. The number of amides is 8. The summed E-state index contributed by atoms with van der Waals surface area (Å²) < 4.78 is 0. The molecule has 0 aromatic rings. The average Bonchev–Trinajstić information content (AvgIpc) is 3.21. The topological polar surface area (TPSA) is 469 Å². The van der Waals surface area contributed by atoms with E-state index in [1.807, 2.05) is 0 Å². The van der Waals surface area contributed by atoms with E-state index in [0.717, 1.165) is 0 Å². The second kappa shape index (κ2) is 31.4. The van der Waals surface area contributed by atoms with Gasteiger partial charge in [0.2, 0.25) is 47.3 Å². The van der Waals surface area contributed by atoms with Crippen molar-refractivity contribution in [3.05, 3.63) is 0 Å². The van der Waals surface area contributed by atoms with Gasteiger partial charge < -0.3 is 80.6 Å². The van der Waals surface area contributed by atoms with E-state index < -0.39 is 133 Å². The molecule has 27 nitrogen and oxygen atoms in total. The van der Waals surface area contributed by atoms with Gasteiger partial charge in [-0.2, -0.15) is 0 Å². The number of guanidine groups is 1. The van der Waals surface area contributed by atoms with E-state index in [0.29, 0.717) is 0 Å². The second-order valence-corrected chi connectivity index (χ2v) is 17.4. The molecule has 0 fully saturated rings. The lowest BCUT2D eigenvalue weighted by atomic mass is 9.99. The van der Waals surface area contributed by atoms with Crippen molar-refractivity contribution in [1.82, 2.24) is 37.2 Å². The number of primary amides is 1. The molecule has 0 aromatic carbocycles. The molecule has 0 aromatic heterocycles.